The van der Waals surface area contributed by atoms with Crippen molar-refractivity contribution in [2.24, 2.45) is 5.41 Å². The van der Waals surface area contributed by atoms with E-state index in [2.05, 4.69) is 0 Å². The molecule has 1 aliphatic carbocycles. The monoisotopic (exact) mass is 178 g/mol. The van der Waals surface area contributed by atoms with Gasteiger partial charge in [0.2, 0.25) is 5.92 Å². The maximum Gasteiger partial charge on any atom is 0.310 e. The van der Waals surface area contributed by atoms with Crippen molar-refractivity contribution < 1.29 is 18.7 Å². The Balaban J connectivity index is 2.62. The number of halogens is 2. The lowest BCUT2D eigenvalue weighted by molar-refractivity contribution is -0.195. The quantitative estimate of drug-likeness (QED) is 0.719. The number of aliphatic carboxylic acids is 1. The number of alkyl halides is 2. The Morgan fingerprint density at radius 2 is 2.00 bits per heavy atom. The molecular formula is C8H12F2O2. The van der Waals surface area contributed by atoms with Crippen LogP contribution in [0.1, 0.15) is 32.6 Å². The summed E-state index contributed by atoms with van der Waals surface area (Å²) in [5.41, 5.74) is -1.13. The minimum Gasteiger partial charge on any atom is -0.481 e. The molecule has 0 aliphatic heterocycles. The van der Waals surface area contributed by atoms with Crippen molar-refractivity contribution in [3.8, 4) is 0 Å². The van der Waals surface area contributed by atoms with Crippen LogP contribution in [0.5, 0.6) is 0 Å². The number of hydrogen-bond acceptors (Lipinski definition) is 1. The molecule has 0 saturated heterocycles. The zero-order chi connectivity index (χ0) is 9.41. The van der Waals surface area contributed by atoms with E-state index in [1.807, 2.05) is 0 Å². The fourth-order valence-electron chi connectivity index (χ4n) is 1.85. The standard InChI is InChI=1S/C8H12F2O2/c1-2-3-7(6(11)12)4-8(9,10)5-7/h2-5H2,1H3,(H,11,12). The number of carboxylic acids is 1. The molecule has 70 valence electrons. The Hall–Kier alpha value is -0.670. The molecule has 1 N–H and O–H groups in total. The van der Waals surface area contributed by atoms with E-state index in [4.69, 9.17) is 5.11 Å². The first-order valence-corrected chi connectivity index (χ1v) is 4.03. The van der Waals surface area contributed by atoms with Gasteiger partial charge in [0.25, 0.3) is 0 Å². The van der Waals surface area contributed by atoms with Crippen LogP contribution in [0.4, 0.5) is 8.78 Å². The molecule has 0 bridgehead atoms. The fraction of sp³-hybridized carbons (Fsp3) is 0.875. The van der Waals surface area contributed by atoms with Crippen molar-refractivity contribution in [2.45, 2.75) is 38.5 Å². The molecule has 1 saturated carbocycles. The second-order valence-corrected chi connectivity index (χ2v) is 3.54. The third-order valence-electron chi connectivity index (χ3n) is 2.38. The summed E-state index contributed by atoms with van der Waals surface area (Å²) in [5.74, 6) is -3.82. The van der Waals surface area contributed by atoms with Gasteiger partial charge in [0.05, 0.1) is 5.41 Å². The van der Waals surface area contributed by atoms with Gasteiger partial charge in [0, 0.05) is 12.8 Å². The highest BCUT2D eigenvalue weighted by molar-refractivity contribution is 5.76. The summed E-state index contributed by atoms with van der Waals surface area (Å²) in [5, 5.41) is 8.71. The van der Waals surface area contributed by atoms with E-state index < -0.39 is 30.1 Å². The minimum absolute atomic E-state index is 0.359. The molecule has 0 aromatic heterocycles. The summed E-state index contributed by atoms with van der Waals surface area (Å²) in [6.45, 7) is 1.81. The molecule has 0 aromatic rings. The van der Waals surface area contributed by atoms with Crippen LogP contribution in [-0.4, -0.2) is 17.0 Å². The van der Waals surface area contributed by atoms with E-state index in [1.54, 1.807) is 6.92 Å². The van der Waals surface area contributed by atoms with Gasteiger partial charge in [-0.1, -0.05) is 13.3 Å². The molecule has 4 heteroatoms. The molecule has 0 spiro atoms. The zero-order valence-electron chi connectivity index (χ0n) is 6.94. The molecule has 0 aromatic carbocycles. The van der Waals surface area contributed by atoms with Crippen LogP contribution >= 0.6 is 0 Å². The van der Waals surface area contributed by atoms with E-state index in [9.17, 15) is 13.6 Å². The van der Waals surface area contributed by atoms with E-state index in [-0.39, 0.29) is 0 Å². The molecule has 0 amide bonds. The molecule has 12 heavy (non-hydrogen) atoms. The normalized spacial score (nSPS) is 24.6. The third-order valence-corrected chi connectivity index (χ3v) is 2.38. The summed E-state index contributed by atoms with van der Waals surface area (Å²) >= 11 is 0. The predicted molar refractivity (Wildman–Crippen MR) is 39.2 cm³/mol. The van der Waals surface area contributed by atoms with Crippen molar-refractivity contribution in [1.29, 1.82) is 0 Å². The van der Waals surface area contributed by atoms with E-state index in [1.165, 1.54) is 0 Å². The van der Waals surface area contributed by atoms with Crippen LogP contribution in [0.2, 0.25) is 0 Å². The van der Waals surface area contributed by atoms with Gasteiger partial charge in [-0.05, 0) is 6.42 Å². The predicted octanol–water partition coefficient (Wildman–Crippen LogP) is 2.29. The Morgan fingerprint density at radius 1 is 1.50 bits per heavy atom. The molecule has 2 nitrogen and oxygen atoms in total. The molecule has 0 atom stereocenters. The number of rotatable bonds is 3. The highest BCUT2D eigenvalue weighted by Gasteiger charge is 2.60. The van der Waals surface area contributed by atoms with Gasteiger partial charge in [-0.3, -0.25) is 4.79 Å². The molecule has 0 heterocycles. The van der Waals surface area contributed by atoms with Crippen LogP contribution in [0, 0.1) is 5.41 Å². The Kier molecular flexibility index (Phi) is 2.10. The number of carbonyl (C=O) groups is 1. The molecule has 0 radical (unpaired) electrons. The topological polar surface area (TPSA) is 37.3 Å². The van der Waals surface area contributed by atoms with E-state index in [0.29, 0.717) is 12.8 Å². The van der Waals surface area contributed by atoms with Crippen molar-refractivity contribution in [3.63, 3.8) is 0 Å². The average Bonchev–Trinajstić information content (AvgIpc) is 1.83. The Bertz CT molecular complexity index is 193. The fourth-order valence-corrected chi connectivity index (χ4v) is 1.85. The van der Waals surface area contributed by atoms with Gasteiger partial charge >= 0.3 is 5.97 Å². The van der Waals surface area contributed by atoms with Crippen molar-refractivity contribution in [3.05, 3.63) is 0 Å². The minimum atomic E-state index is -2.74. The van der Waals surface area contributed by atoms with Gasteiger partial charge in [-0.25, -0.2) is 8.78 Å². The molecule has 1 aliphatic rings. The molecule has 1 fully saturated rings. The maximum absolute atomic E-state index is 12.5. The van der Waals surface area contributed by atoms with Gasteiger partial charge in [-0.15, -0.1) is 0 Å². The van der Waals surface area contributed by atoms with Crippen LogP contribution in [0.3, 0.4) is 0 Å². The first kappa shape index (κ1) is 9.42. The lowest BCUT2D eigenvalue weighted by Crippen LogP contribution is -2.50. The highest BCUT2D eigenvalue weighted by Crippen LogP contribution is 2.54. The summed E-state index contributed by atoms with van der Waals surface area (Å²) in [6.07, 6.45) is 0.0344. The third kappa shape index (κ3) is 1.42. The zero-order valence-corrected chi connectivity index (χ0v) is 6.94. The van der Waals surface area contributed by atoms with Gasteiger partial charge in [0.15, 0.2) is 0 Å². The lowest BCUT2D eigenvalue weighted by atomic mass is 9.63. The summed E-state index contributed by atoms with van der Waals surface area (Å²) in [4.78, 5) is 10.6. The SMILES string of the molecule is CCCC1(C(=O)O)CC(F)(F)C1. The largest absolute Gasteiger partial charge is 0.481 e. The van der Waals surface area contributed by atoms with Crippen LogP contribution < -0.4 is 0 Å². The van der Waals surface area contributed by atoms with E-state index >= 15 is 0 Å². The van der Waals surface area contributed by atoms with Crippen molar-refractivity contribution in [1.82, 2.24) is 0 Å². The Morgan fingerprint density at radius 3 is 2.25 bits per heavy atom. The van der Waals surface area contributed by atoms with Crippen LogP contribution in [-0.2, 0) is 4.79 Å². The summed E-state index contributed by atoms with van der Waals surface area (Å²) in [7, 11) is 0. The lowest BCUT2D eigenvalue weighted by Gasteiger charge is -2.43. The van der Waals surface area contributed by atoms with Gasteiger partial charge in [0.1, 0.15) is 0 Å². The second-order valence-electron chi connectivity index (χ2n) is 3.54. The number of hydrogen-bond donors (Lipinski definition) is 1. The van der Waals surface area contributed by atoms with Gasteiger partial charge in [-0.2, -0.15) is 0 Å². The average molecular weight is 178 g/mol. The second kappa shape index (κ2) is 2.68. The Labute approximate surface area is 69.6 Å². The van der Waals surface area contributed by atoms with E-state index in [0.717, 1.165) is 0 Å². The summed E-state index contributed by atoms with van der Waals surface area (Å²) < 4.78 is 24.9. The maximum atomic E-state index is 12.5. The van der Waals surface area contributed by atoms with Crippen molar-refractivity contribution >= 4 is 5.97 Å². The molecule has 1 rings (SSSR count). The summed E-state index contributed by atoms with van der Waals surface area (Å²) in [6, 6.07) is 0. The smallest absolute Gasteiger partial charge is 0.310 e. The van der Waals surface area contributed by atoms with Crippen molar-refractivity contribution in [2.75, 3.05) is 0 Å². The van der Waals surface area contributed by atoms with Gasteiger partial charge < -0.3 is 5.11 Å². The first-order chi connectivity index (χ1) is 5.42. The highest BCUT2D eigenvalue weighted by atomic mass is 19.3. The molecule has 0 unspecified atom stereocenters. The first-order valence-electron chi connectivity index (χ1n) is 4.03. The molecular weight excluding hydrogens is 166 g/mol. The van der Waals surface area contributed by atoms with Crippen LogP contribution in [0.15, 0.2) is 0 Å². The van der Waals surface area contributed by atoms with Crippen LogP contribution in [0.25, 0.3) is 0 Å². The number of carboxylic acid groups (broad SMARTS) is 1.